The van der Waals surface area contributed by atoms with Crippen molar-refractivity contribution < 1.29 is 14.3 Å². The number of thiophene rings is 1. The second-order valence-corrected chi connectivity index (χ2v) is 8.06. The highest BCUT2D eigenvalue weighted by atomic mass is 32.1. The van der Waals surface area contributed by atoms with Crippen LogP contribution in [0.3, 0.4) is 0 Å². The minimum Gasteiger partial charge on any atom is -0.379 e. The molecule has 25 heavy (non-hydrogen) atoms. The van der Waals surface area contributed by atoms with Gasteiger partial charge in [-0.3, -0.25) is 14.5 Å². The molecule has 3 rings (SSSR count). The van der Waals surface area contributed by atoms with Crippen molar-refractivity contribution in [3.8, 4) is 0 Å². The van der Waals surface area contributed by atoms with Crippen LogP contribution in [0.15, 0.2) is 12.1 Å². The van der Waals surface area contributed by atoms with Crippen molar-refractivity contribution in [3.05, 3.63) is 21.9 Å². The van der Waals surface area contributed by atoms with Crippen LogP contribution in [0.1, 0.15) is 27.9 Å². The van der Waals surface area contributed by atoms with E-state index in [2.05, 4.69) is 4.90 Å². The molecular formula is C18H27N3O3S. The smallest absolute Gasteiger partial charge is 0.263 e. The highest BCUT2D eigenvalue weighted by molar-refractivity contribution is 7.13. The summed E-state index contributed by atoms with van der Waals surface area (Å²) in [4.78, 5) is 32.9. The fourth-order valence-corrected chi connectivity index (χ4v) is 4.39. The molecule has 7 heteroatoms. The highest BCUT2D eigenvalue weighted by Gasteiger charge is 2.32. The lowest BCUT2D eigenvalue weighted by atomic mass is 10.2. The van der Waals surface area contributed by atoms with E-state index >= 15 is 0 Å². The molecule has 0 saturated carbocycles. The number of hydrogen-bond acceptors (Lipinski definition) is 5. The van der Waals surface area contributed by atoms with Gasteiger partial charge in [0.15, 0.2) is 0 Å². The summed E-state index contributed by atoms with van der Waals surface area (Å²) in [6, 6.07) is 4.01. The number of nitrogens with zero attached hydrogens (tertiary/aromatic N) is 3. The maximum atomic E-state index is 12.6. The van der Waals surface area contributed by atoms with Gasteiger partial charge in [-0.05, 0) is 25.5 Å². The van der Waals surface area contributed by atoms with Gasteiger partial charge in [-0.15, -0.1) is 11.3 Å². The number of likely N-dealkylation sites (tertiary alicyclic amines) is 1. The van der Waals surface area contributed by atoms with Gasteiger partial charge in [0.25, 0.3) is 5.91 Å². The van der Waals surface area contributed by atoms with E-state index in [1.165, 1.54) is 11.3 Å². The summed E-state index contributed by atoms with van der Waals surface area (Å²) < 4.78 is 5.37. The minimum atomic E-state index is 0.0947. The summed E-state index contributed by atoms with van der Waals surface area (Å²) in [6.45, 7) is 10.00. The van der Waals surface area contributed by atoms with E-state index in [4.69, 9.17) is 4.74 Å². The van der Waals surface area contributed by atoms with Crippen LogP contribution in [-0.2, 0) is 9.53 Å². The lowest BCUT2D eigenvalue weighted by Gasteiger charge is -2.32. The van der Waals surface area contributed by atoms with Gasteiger partial charge in [-0.25, -0.2) is 0 Å². The quantitative estimate of drug-likeness (QED) is 0.793. The molecular weight excluding hydrogens is 338 g/mol. The van der Waals surface area contributed by atoms with Crippen molar-refractivity contribution in [1.82, 2.24) is 14.7 Å². The standard InChI is InChI=1S/C18H27N3O3S/c1-14-3-4-17(25-14)18(23)20-6-5-16(13-20)21(15(2)22)8-7-19-9-11-24-12-10-19/h3-4,16H,5-13H2,1-2H3. The predicted octanol–water partition coefficient (Wildman–Crippen LogP) is 1.45. The van der Waals surface area contributed by atoms with E-state index in [1.54, 1.807) is 6.92 Å². The van der Waals surface area contributed by atoms with Crippen LogP contribution in [0.2, 0.25) is 0 Å². The summed E-state index contributed by atoms with van der Waals surface area (Å²) in [5.41, 5.74) is 0. The normalized spacial score (nSPS) is 21.5. The monoisotopic (exact) mass is 365 g/mol. The number of aryl methyl sites for hydroxylation is 1. The Hall–Kier alpha value is -1.44. The molecule has 2 aliphatic heterocycles. The summed E-state index contributed by atoms with van der Waals surface area (Å²) in [5.74, 6) is 0.191. The van der Waals surface area contributed by atoms with E-state index in [-0.39, 0.29) is 17.9 Å². The molecule has 3 heterocycles. The number of morpholine rings is 1. The lowest BCUT2D eigenvalue weighted by molar-refractivity contribution is -0.131. The fraction of sp³-hybridized carbons (Fsp3) is 0.667. The summed E-state index contributed by atoms with van der Waals surface area (Å²) in [6.07, 6.45) is 0.860. The Morgan fingerprint density at radius 1 is 1.28 bits per heavy atom. The third kappa shape index (κ3) is 4.59. The SMILES string of the molecule is CC(=O)N(CCN1CCOCC1)C1CCN(C(=O)c2ccc(C)s2)C1. The number of amides is 2. The maximum absolute atomic E-state index is 12.6. The predicted molar refractivity (Wildman–Crippen MR) is 98.0 cm³/mol. The highest BCUT2D eigenvalue weighted by Crippen LogP contribution is 2.22. The number of carbonyl (C=O) groups is 2. The van der Waals surface area contributed by atoms with E-state index in [0.29, 0.717) is 6.54 Å². The van der Waals surface area contributed by atoms with Gasteiger partial charge in [0.2, 0.25) is 5.91 Å². The Labute approximate surface area is 153 Å². The molecule has 1 aromatic rings. The second-order valence-electron chi connectivity index (χ2n) is 6.77. The first kappa shape index (κ1) is 18.4. The van der Waals surface area contributed by atoms with E-state index < -0.39 is 0 Å². The molecule has 2 aliphatic rings. The van der Waals surface area contributed by atoms with Gasteiger partial charge >= 0.3 is 0 Å². The first-order chi connectivity index (χ1) is 12.0. The average Bonchev–Trinajstić information content (AvgIpc) is 3.24. The largest absolute Gasteiger partial charge is 0.379 e. The first-order valence-corrected chi connectivity index (χ1v) is 9.79. The molecule has 0 aromatic carbocycles. The third-order valence-corrected chi connectivity index (χ3v) is 6.00. The van der Waals surface area contributed by atoms with Crippen LogP contribution in [-0.4, -0.2) is 85.0 Å². The van der Waals surface area contributed by atoms with Gasteiger partial charge < -0.3 is 14.5 Å². The number of hydrogen-bond donors (Lipinski definition) is 0. The Morgan fingerprint density at radius 3 is 2.68 bits per heavy atom. The minimum absolute atomic E-state index is 0.0947. The summed E-state index contributed by atoms with van der Waals surface area (Å²) in [7, 11) is 0. The molecule has 1 atom stereocenters. The zero-order valence-electron chi connectivity index (χ0n) is 15.1. The zero-order chi connectivity index (χ0) is 17.8. The van der Waals surface area contributed by atoms with Crippen molar-refractivity contribution in [2.24, 2.45) is 0 Å². The van der Waals surface area contributed by atoms with Crippen molar-refractivity contribution in [2.75, 3.05) is 52.5 Å². The van der Waals surface area contributed by atoms with Gasteiger partial charge in [0.05, 0.1) is 24.1 Å². The van der Waals surface area contributed by atoms with Crippen molar-refractivity contribution in [3.63, 3.8) is 0 Å². The lowest BCUT2D eigenvalue weighted by Crippen LogP contribution is -2.47. The molecule has 0 bridgehead atoms. The van der Waals surface area contributed by atoms with E-state index in [1.807, 2.05) is 28.9 Å². The Bertz CT molecular complexity index is 612. The number of rotatable bonds is 5. The average molecular weight is 365 g/mol. The first-order valence-electron chi connectivity index (χ1n) is 8.97. The summed E-state index contributed by atoms with van der Waals surface area (Å²) >= 11 is 1.54. The van der Waals surface area contributed by atoms with Gasteiger partial charge in [-0.1, -0.05) is 0 Å². The molecule has 0 aliphatic carbocycles. The second kappa shape index (κ2) is 8.29. The molecule has 0 radical (unpaired) electrons. The Morgan fingerprint density at radius 2 is 2.04 bits per heavy atom. The number of ether oxygens (including phenoxy) is 1. The molecule has 138 valence electrons. The van der Waals surface area contributed by atoms with E-state index in [0.717, 1.165) is 62.1 Å². The van der Waals surface area contributed by atoms with Crippen molar-refractivity contribution >= 4 is 23.2 Å². The molecule has 0 spiro atoms. The third-order valence-electron chi connectivity index (χ3n) is 5.01. The Balaban J connectivity index is 1.55. The molecule has 0 N–H and O–H groups in total. The molecule has 1 unspecified atom stereocenters. The van der Waals surface area contributed by atoms with Crippen molar-refractivity contribution in [2.45, 2.75) is 26.3 Å². The maximum Gasteiger partial charge on any atom is 0.263 e. The van der Waals surface area contributed by atoms with Crippen LogP contribution >= 0.6 is 11.3 Å². The molecule has 2 saturated heterocycles. The summed E-state index contributed by atoms with van der Waals surface area (Å²) in [5, 5.41) is 0. The molecule has 2 fully saturated rings. The number of carbonyl (C=O) groups excluding carboxylic acids is 2. The van der Waals surface area contributed by atoms with Crippen LogP contribution in [0.5, 0.6) is 0 Å². The molecule has 1 aromatic heterocycles. The van der Waals surface area contributed by atoms with Crippen LogP contribution in [0, 0.1) is 6.92 Å². The topological polar surface area (TPSA) is 53.1 Å². The molecule has 2 amide bonds. The van der Waals surface area contributed by atoms with Crippen LogP contribution in [0.25, 0.3) is 0 Å². The fourth-order valence-electron chi connectivity index (χ4n) is 3.56. The van der Waals surface area contributed by atoms with Crippen LogP contribution < -0.4 is 0 Å². The van der Waals surface area contributed by atoms with Crippen LogP contribution in [0.4, 0.5) is 0 Å². The van der Waals surface area contributed by atoms with Gasteiger partial charge in [0.1, 0.15) is 0 Å². The van der Waals surface area contributed by atoms with E-state index in [9.17, 15) is 9.59 Å². The Kier molecular flexibility index (Phi) is 6.09. The molecule has 6 nitrogen and oxygen atoms in total. The van der Waals surface area contributed by atoms with Crippen molar-refractivity contribution in [1.29, 1.82) is 0 Å². The van der Waals surface area contributed by atoms with Gasteiger partial charge in [-0.2, -0.15) is 0 Å². The van der Waals surface area contributed by atoms with Gasteiger partial charge in [0, 0.05) is 51.1 Å². The zero-order valence-corrected chi connectivity index (χ0v) is 15.9.